The van der Waals surface area contributed by atoms with E-state index >= 15 is 0 Å². The SMILES string of the molecule is CC1=CC=CC2CN(C)CCCCC/C=C\12. The van der Waals surface area contributed by atoms with E-state index in [0.717, 1.165) is 0 Å². The Hall–Kier alpha value is -0.820. The van der Waals surface area contributed by atoms with Gasteiger partial charge in [-0.05, 0) is 50.9 Å². The zero-order valence-corrected chi connectivity index (χ0v) is 10.6. The maximum Gasteiger partial charge on any atom is 0.0148 e. The van der Waals surface area contributed by atoms with Crippen molar-refractivity contribution in [2.45, 2.75) is 32.6 Å². The molecule has 0 aromatic heterocycles. The van der Waals surface area contributed by atoms with Crippen molar-refractivity contribution in [1.29, 1.82) is 0 Å². The maximum atomic E-state index is 2.48. The molecule has 0 N–H and O–H groups in total. The minimum atomic E-state index is 0.619. The summed E-state index contributed by atoms with van der Waals surface area (Å²) in [6.07, 6.45) is 14.6. The Balaban J connectivity index is 2.16. The van der Waals surface area contributed by atoms with Crippen molar-refractivity contribution >= 4 is 0 Å². The lowest BCUT2D eigenvalue weighted by Crippen LogP contribution is -2.28. The normalized spacial score (nSPS) is 31.2. The smallest absolute Gasteiger partial charge is 0.0148 e. The van der Waals surface area contributed by atoms with Crippen LogP contribution in [0.5, 0.6) is 0 Å². The Morgan fingerprint density at radius 1 is 1.25 bits per heavy atom. The molecule has 0 saturated carbocycles. The Bertz CT molecular complexity index is 322. The minimum Gasteiger partial charge on any atom is -0.305 e. The molecule has 1 unspecified atom stereocenters. The summed E-state index contributed by atoms with van der Waals surface area (Å²) >= 11 is 0. The van der Waals surface area contributed by atoms with Crippen molar-refractivity contribution < 1.29 is 0 Å². The van der Waals surface area contributed by atoms with Crippen LogP contribution in [0.1, 0.15) is 32.6 Å². The Kier molecular flexibility index (Phi) is 4.00. The molecule has 0 bridgehead atoms. The van der Waals surface area contributed by atoms with E-state index in [2.05, 4.69) is 43.2 Å². The fourth-order valence-electron chi connectivity index (χ4n) is 2.69. The molecule has 2 rings (SSSR count). The first-order chi connectivity index (χ1) is 7.77. The highest BCUT2D eigenvalue weighted by molar-refractivity contribution is 5.40. The monoisotopic (exact) mass is 217 g/mol. The largest absolute Gasteiger partial charge is 0.305 e. The van der Waals surface area contributed by atoms with E-state index < -0.39 is 0 Å². The molecule has 1 aliphatic carbocycles. The molecule has 1 heterocycles. The van der Waals surface area contributed by atoms with E-state index in [0.29, 0.717) is 5.92 Å². The molecule has 0 radical (unpaired) electrons. The number of nitrogens with zero attached hydrogens (tertiary/aromatic N) is 1. The number of hydrogen-bond donors (Lipinski definition) is 0. The second kappa shape index (κ2) is 5.49. The molecule has 0 fully saturated rings. The second-order valence-corrected chi connectivity index (χ2v) is 5.11. The van der Waals surface area contributed by atoms with Crippen LogP contribution in [0.3, 0.4) is 0 Å². The molecular weight excluding hydrogens is 194 g/mol. The highest BCUT2D eigenvalue weighted by Crippen LogP contribution is 2.27. The fourth-order valence-corrected chi connectivity index (χ4v) is 2.69. The average molecular weight is 217 g/mol. The zero-order valence-electron chi connectivity index (χ0n) is 10.6. The molecule has 16 heavy (non-hydrogen) atoms. The van der Waals surface area contributed by atoms with Crippen LogP contribution in [-0.2, 0) is 0 Å². The van der Waals surface area contributed by atoms with Crippen LogP contribution in [0.2, 0.25) is 0 Å². The van der Waals surface area contributed by atoms with Gasteiger partial charge in [0.2, 0.25) is 0 Å². The third-order valence-electron chi connectivity index (χ3n) is 3.66. The molecule has 2 aliphatic rings. The molecule has 0 aromatic rings. The van der Waals surface area contributed by atoms with Crippen LogP contribution in [0.15, 0.2) is 35.5 Å². The van der Waals surface area contributed by atoms with Gasteiger partial charge in [-0.2, -0.15) is 0 Å². The highest BCUT2D eigenvalue weighted by atomic mass is 15.1. The molecule has 1 heteroatoms. The van der Waals surface area contributed by atoms with Gasteiger partial charge in [0, 0.05) is 12.5 Å². The average Bonchev–Trinajstić information content (AvgIpc) is 2.26. The van der Waals surface area contributed by atoms with Crippen molar-refractivity contribution in [3.05, 3.63) is 35.5 Å². The molecule has 1 atom stereocenters. The van der Waals surface area contributed by atoms with E-state index in [1.54, 1.807) is 5.57 Å². The minimum absolute atomic E-state index is 0.619. The van der Waals surface area contributed by atoms with Crippen LogP contribution in [-0.4, -0.2) is 25.0 Å². The lowest BCUT2D eigenvalue weighted by atomic mass is 9.87. The van der Waals surface area contributed by atoms with Crippen LogP contribution < -0.4 is 0 Å². The molecule has 1 aliphatic heterocycles. The lowest BCUT2D eigenvalue weighted by molar-refractivity contribution is 0.303. The van der Waals surface area contributed by atoms with Gasteiger partial charge in [-0.3, -0.25) is 0 Å². The Morgan fingerprint density at radius 3 is 3.00 bits per heavy atom. The van der Waals surface area contributed by atoms with Crippen LogP contribution in [0.4, 0.5) is 0 Å². The van der Waals surface area contributed by atoms with E-state index in [1.807, 2.05) is 0 Å². The van der Waals surface area contributed by atoms with Crippen LogP contribution in [0.25, 0.3) is 0 Å². The van der Waals surface area contributed by atoms with E-state index in [-0.39, 0.29) is 0 Å². The predicted molar refractivity (Wildman–Crippen MR) is 70.4 cm³/mol. The summed E-state index contributed by atoms with van der Waals surface area (Å²) in [6.45, 7) is 4.67. The van der Waals surface area contributed by atoms with Gasteiger partial charge in [0.15, 0.2) is 0 Å². The van der Waals surface area contributed by atoms with Gasteiger partial charge in [-0.25, -0.2) is 0 Å². The predicted octanol–water partition coefficient (Wildman–Crippen LogP) is 3.55. The molecule has 0 aromatic carbocycles. The molecule has 0 saturated heterocycles. The van der Waals surface area contributed by atoms with Gasteiger partial charge in [-0.15, -0.1) is 0 Å². The second-order valence-electron chi connectivity index (χ2n) is 5.11. The summed E-state index contributed by atoms with van der Waals surface area (Å²) in [7, 11) is 2.25. The summed E-state index contributed by atoms with van der Waals surface area (Å²) in [5.41, 5.74) is 3.03. The van der Waals surface area contributed by atoms with Crippen molar-refractivity contribution in [3.63, 3.8) is 0 Å². The molecule has 0 spiro atoms. The fraction of sp³-hybridized carbons (Fsp3) is 0.600. The standard InChI is InChI=1S/C15H23N/c1-13-8-7-9-14-12-16(2)11-6-4-3-5-10-15(13)14/h7-10,14H,3-6,11-12H2,1-2H3/b15-10+. The van der Waals surface area contributed by atoms with Gasteiger partial charge in [0.25, 0.3) is 0 Å². The quantitative estimate of drug-likeness (QED) is 0.600. The highest BCUT2D eigenvalue weighted by Gasteiger charge is 2.17. The van der Waals surface area contributed by atoms with Gasteiger partial charge < -0.3 is 4.90 Å². The molecule has 1 nitrogen and oxygen atoms in total. The summed E-state index contributed by atoms with van der Waals surface area (Å²) in [4.78, 5) is 2.48. The van der Waals surface area contributed by atoms with Crippen molar-refractivity contribution in [3.8, 4) is 0 Å². The van der Waals surface area contributed by atoms with Crippen LogP contribution in [0, 0.1) is 5.92 Å². The van der Waals surface area contributed by atoms with Crippen molar-refractivity contribution in [1.82, 2.24) is 4.90 Å². The zero-order chi connectivity index (χ0) is 11.4. The Labute approximate surface area is 99.5 Å². The summed E-state index contributed by atoms with van der Waals surface area (Å²) in [6, 6.07) is 0. The third-order valence-corrected chi connectivity index (χ3v) is 3.66. The summed E-state index contributed by atoms with van der Waals surface area (Å²) < 4.78 is 0. The van der Waals surface area contributed by atoms with E-state index in [1.165, 1.54) is 44.3 Å². The van der Waals surface area contributed by atoms with E-state index in [4.69, 9.17) is 0 Å². The topological polar surface area (TPSA) is 3.24 Å². The lowest BCUT2D eigenvalue weighted by Gasteiger charge is -2.27. The first-order valence-electron chi connectivity index (χ1n) is 6.51. The van der Waals surface area contributed by atoms with Crippen LogP contribution >= 0.6 is 0 Å². The number of fused-ring (bicyclic) bond motifs is 1. The number of rotatable bonds is 0. The maximum absolute atomic E-state index is 2.48. The molecular formula is C15H23N. The first-order valence-corrected chi connectivity index (χ1v) is 6.51. The summed E-state index contributed by atoms with van der Waals surface area (Å²) in [5, 5.41) is 0. The van der Waals surface area contributed by atoms with E-state index in [9.17, 15) is 0 Å². The third kappa shape index (κ3) is 2.85. The van der Waals surface area contributed by atoms with Gasteiger partial charge in [-0.1, -0.05) is 30.7 Å². The van der Waals surface area contributed by atoms with Gasteiger partial charge in [0.05, 0.1) is 0 Å². The molecule has 0 amide bonds. The van der Waals surface area contributed by atoms with Gasteiger partial charge in [0.1, 0.15) is 0 Å². The number of allylic oxidation sites excluding steroid dienone is 4. The Morgan fingerprint density at radius 2 is 2.12 bits per heavy atom. The number of hydrogen-bond acceptors (Lipinski definition) is 1. The summed E-state index contributed by atoms with van der Waals surface area (Å²) in [5.74, 6) is 0.619. The first kappa shape index (κ1) is 11.7. The van der Waals surface area contributed by atoms with Gasteiger partial charge >= 0.3 is 0 Å². The van der Waals surface area contributed by atoms with Crippen molar-refractivity contribution in [2.24, 2.45) is 5.92 Å². The molecule has 88 valence electrons. The van der Waals surface area contributed by atoms with Crippen molar-refractivity contribution in [2.75, 3.05) is 20.1 Å².